The molecule has 0 aromatic carbocycles. The van der Waals surface area contributed by atoms with Crippen LogP contribution in [0.2, 0.25) is 0 Å². The van der Waals surface area contributed by atoms with E-state index in [2.05, 4.69) is 0 Å². The lowest BCUT2D eigenvalue weighted by Gasteiger charge is -2.24. The number of nitrogens with one attached hydrogen (secondary N) is 1. The van der Waals surface area contributed by atoms with Crippen LogP contribution in [-0.2, 0) is 9.53 Å². The molecule has 0 aromatic rings. The third-order valence-electron chi connectivity index (χ3n) is 2.27. The minimum Gasteiger partial charge on any atom is -0.379 e. The number of nitrogens with two attached hydrogens (primary N) is 2. The van der Waals surface area contributed by atoms with E-state index in [4.69, 9.17) is 16.2 Å². The molecule has 0 bridgehead atoms. The summed E-state index contributed by atoms with van der Waals surface area (Å²) < 4.78 is 5.04. The Hall–Kier alpha value is -1.14. The Morgan fingerprint density at radius 3 is 2.62 bits per heavy atom. The van der Waals surface area contributed by atoms with Gasteiger partial charge in [0.25, 0.3) is 0 Å². The zero-order chi connectivity index (χ0) is 10.1. The van der Waals surface area contributed by atoms with Crippen molar-refractivity contribution in [3.63, 3.8) is 0 Å². The van der Waals surface area contributed by atoms with Gasteiger partial charge in [0.05, 0.1) is 18.6 Å². The average Bonchev–Trinajstić information content (AvgIpc) is 2.32. The number of hydrogen-bond acceptors (Lipinski definition) is 4. The zero-order valence-electron chi connectivity index (χ0n) is 7.37. The van der Waals surface area contributed by atoms with Crippen LogP contribution in [0.25, 0.3) is 0 Å². The quantitative estimate of drug-likeness (QED) is 0.466. The fourth-order valence-electron chi connectivity index (χ4n) is 1.18. The van der Waals surface area contributed by atoms with E-state index in [1.807, 2.05) is 5.32 Å². The van der Waals surface area contributed by atoms with Crippen LogP contribution in [0.4, 0.5) is 4.79 Å². The topological polar surface area (TPSA) is 107 Å². The van der Waals surface area contributed by atoms with Crippen molar-refractivity contribution in [2.75, 3.05) is 13.2 Å². The Bertz CT molecular complexity index is 243. The molecule has 1 saturated heterocycles. The van der Waals surface area contributed by atoms with E-state index < -0.39 is 23.4 Å². The van der Waals surface area contributed by atoms with Crippen molar-refractivity contribution >= 4 is 11.9 Å². The maximum atomic E-state index is 11.4. The fourth-order valence-corrected chi connectivity index (χ4v) is 1.18. The van der Waals surface area contributed by atoms with Gasteiger partial charge in [0.1, 0.15) is 0 Å². The number of primary amides is 1. The maximum Gasteiger partial charge on any atom is 0.318 e. The Kier molecular flexibility index (Phi) is 2.53. The molecule has 1 aliphatic heterocycles. The second-order valence-electron chi connectivity index (χ2n) is 3.36. The average molecular weight is 187 g/mol. The zero-order valence-corrected chi connectivity index (χ0v) is 7.37. The van der Waals surface area contributed by atoms with Gasteiger partial charge >= 0.3 is 6.03 Å². The first-order valence-corrected chi connectivity index (χ1v) is 3.91. The Morgan fingerprint density at radius 2 is 2.23 bits per heavy atom. The van der Waals surface area contributed by atoms with Gasteiger partial charge in [-0.15, -0.1) is 0 Å². The Labute approximate surface area is 75.6 Å². The Morgan fingerprint density at radius 1 is 1.62 bits per heavy atom. The summed E-state index contributed by atoms with van der Waals surface area (Å²) >= 11 is 0. The SMILES string of the molecule is CC1(C(=O)NC(N)=O)COCC1N. The molecule has 6 nitrogen and oxygen atoms in total. The molecule has 0 aliphatic carbocycles. The molecule has 1 fully saturated rings. The van der Waals surface area contributed by atoms with E-state index in [9.17, 15) is 9.59 Å². The van der Waals surface area contributed by atoms with Crippen LogP contribution in [0.3, 0.4) is 0 Å². The molecule has 0 spiro atoms. The van der Waals surface area contributed by atoms with E-state index in [1.54, 1.807) is 6.92 Å². The largest absolute Gasteiger partial charge is 0.379 e. The highest BCUT2D eigenvalue weighted by molar-refractivity contribution is 5.97. The van der Waals surface area contributed by atoms with E-state index in [-0.39, 0.29) is 6.61 Å². The van der Waals surface area contributed by atoms with Gasteiger partial charge in [0.2, 0.25) is 5.91 Å². The van der Waals surface area contributed by atoms with Crippen molar-refractivity contribution in [2.45, 2.75) is 13.0 Å². The number of rotatable bonds is 1. The highest BCUT2D eigenvalue weighted by Crippen LogP contribution is 2.26. The maximum absolute atomic E-state index is 11.4. The summed E-state index contributed by atoms with van der Waals surface area (Å²) in [5.41, 5.74) is 9.61. The van der Waals surface area contributed by atoms with Gasteiger partial charge < -0.3 is 16.2 Å². The number of hydrogen-bond donors (Lipinski definition) is 3. The standard InChI is InChI=1S/C7H13N3O3/c1-7(3-13-2-4(7)8)5(11)10-6(9)12/h4H,2-3,8H2,1H3,(H3,9,10,11,12). The minimum atomic E-state index is -0.870. The van der Waals surface area contributed by atoms with Gasteiger partial charge in [0.15, 0.2) is 0 Å². The molecular formula is C7H13N3O3. The highest BCUT2D eigenvalue weighted by atomic mass is 16.5. The lowest BCUT2D eigenvalue weighted by atomic mass is 9.85. The van der Waals surface area contributed by atoms with E-state index in [1.165, 1.54) is 0 Å². The summed E-state index contributed by atoms with van der Waals surface area (Å²) in [6.45, 7) is 2.18. The molecule has 0 radical (unpaired) electrons. The van der Waals surface area contributed by atoms with E-state index in [0.29, 0.717) is 6.61 Å². The van der Waals surface area contributed by atoms with Crippen LogP contribution in [0.5, 0.6) is 0 Å². The second kappa shape index (κ2) is 3.31. The highest BCUT2D eigenvalue weighted by Gasteiger charge is 2.44. The van der Waals surface area contributed by atoms with Gasteiger partial charge in [-0.2, -0.15) is 0 Å². The third kappa shape index (κ3) is 1.78. The third-order valence-corrected chi connectivity index (χ3v) is 2.27. The van der Waals surface area contributed by atoms with Crippen LogP contribution in [-0.4, -0.2) is 31.2 Å². The number of imide groups is 1. The van der Waals surface area contributed by atoms with Crippen LogP contribution in [0.15, 0.2) is 0 Å². The van der Waals surface area contributed by atoms with Crippen molar-refractivity contribution in [3.8, 4) is 0 Å². The molecule has 1 heterocycles. The summed E-state index contributed by atoms with van der Waals surface area (Å²) in [5, 5.41) is 2.00. The monoisotopic (exact) mass is 187 g/mol. The Balaban J connectivity index is 2.68. The number of amides is 3. The molecule has 74 valence electrons. The van der Waals surface area contributed by atoms with Crippen LogP contribution >= 0.6 is 0 Å². The van der Waals surface area contributed by atoms with Crippen LogP contribution in [0.1, 0.15) is 6.92 Å². The molecule has 2 unspecified atom stereocenters. The molecule has 0 saturated carbocycles. The first-order chi connectivity index (χ1) is 5.97. The molecule has 5 N–H and O–H groups in total. The molecule has 1 aliphatic rings. The number of carbonyl (C=O) groups is 2. The molecular weight excluding hydrogens is 174 g/mol. The number of ether oxygens (including phenoxy) is 1. The van der Waals surface area contributed by atoms with Crippen LogP contribution in [0, 0.1) is 5.41 Å². The summed E-state index contributed by atoms with van der Waals surface area (Å²) in [6.07, 6.45) is 0. The van der Waals surface area contributed by atoms with E-state index in [0.717, 1.165) is 0 Å². The molecule has 2 atom stereocenters. The number of urea groups is 1. The minimum absolute atomic E-state index is 0.216. The smallest absolute Gasteiger partial charge is 0.318 e. The molecule has 1 rings (SSSR count). The van der Waals surface area contributed by atoms with Gasteiger partial charge in [-0.25, -0.2) is 4.79 Å². The lowest BCUT2D eigenvalue weighted by molar-refractivity contribution is -0.129. The molecule has 0 aromatic heterocycles. The van der Waals surface area contributed by atoms with Gasteiger partial charge in [-0.05, 0) is 6.92 Å². The van der Waals surface area contributed by atoms with Crippen LogP contribution < -0.4 is 16.8 Å². The van der Waals surface area contributed by atoms with Crippen molar-refractivity contribution in [1.82, 2.24) is 5.32 Å². The van der Waals surface area contributed by atoms with Gasteiger partial charge in [-0.1, -0.05) is 0 Å². The lowest BCUT2D eigenvalue weighted by Crippen LogP contribution is -2.52. The summed E-state index contributed by atoms with van der Waals surface area (Å²) in [7, 11) is 0. The summed E-state index contributed by atoms with van der Waals surface area (Å²) in [5.74, 6) is -0.481. The first-order valence-electron chi connectivity index (χ1n) is 3.91. The van der Waals surface area contributed by atoms with E-state index >= 15 is 0 Å². The predicted molar refractivity (Wildman–Crippen MR) is 44.6 cm³/mol. The molecule has 13 heavy (non-hydrogen) atoms. The van der Waals surface area contributed by atoms with Crippen molar-refractivity contribution < 1.29 is 14.3 Å². The molecule has 6 heteroatoms. The van der Waals surface area contributed by atoms with Gasteiger partial charge in [-0.3, -0.25) is 10.1 Å². The second-order valence-corrected chi connectivity index (χ2v) is 3.36. The first kappa shape index (κ1) is 9.94. The summed E-state index contributed by atoms with van der Waals surface area (Å²) in [6, 6.07) is -1.27. The van der Waals surface area contributed by atoms with Crippen molar-refractivity contribution in [3.05, 3.63) is 0 Å². The molecule has 3 amide bonds. The fraction of sp³-hybridized carbons (Fsp3) is 0.714. The van der Waals surface area contributed by atoms with Gasteiger partial charge in [0, 0.05) is 6.04 Å². The number of carbonyl (C=O) groups excluding carboxylic acids is 2. The van der Waals surface area contributed by atoms with Crippen molar-refractivity contribution in [2.24, 2.45) is 16.9 Å². The normalized spacial score (nSPS) is 32.9. The predicted octanol–water partition coefficient (Wildman–Crippen LogP) is -1.45. The van der Waals surface area contributed by atoms with Crippen molar-refractivity contribution in [1.29, 1.82) is 0 Å². The summed E-state index contributed by atoms with van der Waals surface area (Å²) in [4.78, 5) is 21.8.